The molecule has 0 spiro atoms. The summed E-state index contributed by atoms with van der Waals surface area (Å²) in [5.74, 6) is 0.814. The Morgan fingerprint density at radius 3 is 3.05 bits per heavy atom. The smallest absolute Gasteiger partial charge is 0.147 e. The van der Waals surface area contributed by atoms with E-state index in [0.29, 0.717) is 22.4 Å². The van der Waals surface area contributed by atoms with E-state index in [1.165, 1.54) is 0 Å². The fourth-order valence-electron chi connectivity index (χ4n) is 2.01. The molecule has 1 aromatic rings. The molecule has 2 rings (SSSR count). The molecule has 1 atom stereocenters. The number of nitrogen functional groups attached to an aromatic ring is 1. The van der Waals surface area contributed by atoms with Crippen molar-refractivity contribution < 1.29 is 4.74 Å². The Morgan fingerprint density at radius 1 is 1.53 bits per heavy atom. The Kier molecular flexibility index (Phi) is 5.10. The molecule has 1 fully saturated rings. The van der Waals surface area contributed by atoms with Crippen LogP contribution in [0.5, 0.6) is 0 Å². The maximum atomic E-state index is 6.06. The van der Waals surface area contributed by atoms with Crippen molar-refractivity contribution >= 4 is 34.8 Å². The van der Waals surface area contributed by atoms with Crippen LogP contribution in [-0.4, -0.2) is 48.8 Å². The number of pyridine rings is 1. The molecule has 19 heavy (non-hydrogen) atoms. The van der Waals surface area contributed by atoms with Crippen molar-refractivity contribution in [1.82, 2.24) is 9.88 Å². The van der Waals surface area contributed by atoms with Gasteiger partial charge in [-0.2, -0.15) is 0 Å². The molecule has 1 aromatic heterocycles. The first kappa shape index (κ1) is 14.7. The average Bonchev–Trinajstić information content (AvgIpc) is 2.41. The number of nitrogens with one attached hydrogen (secondary N) is 1. The van der Waals surface area contributed by atoms with Gasteiger partial charge in [0, 0.05) is 19.6 Å². The fourth-order valence-corrected chi connectivity index (χ4v) is 2.43. The zero-order valence-corrected chi connectivity index (χ0v) is 12.3. The van der Waals surface area contributed by atoms with Crippen molar-refractivity contribution in [2.75, 3.05) is 43.8 Å². The van der Waals surface area contributed by atoms with E-state index in [-0.39, 0.29) is 11.9 Å². The minimum atomic E-state index is 0.128. The van der Waals surface area contributed by atoms with Gasteiger partial charge in [0.2, 0.25) is 0 Å². The zero-order chi connectivity index (χ0) is 13.8. The molecule has 0 amide bonds. The number of rotatable bonds is 4. The van der Waals surface area contributed by atoms with Crippen molar-refractivity contribution in [3.05, 3.63) is 16.1 Å². The summed E-state index contributed by atoms with van der Waals surface area (Å²) in [6.45, 7) is 6.47. The van der Waals surface area contributed by atoms with E-state index in [2.05, 4.69) is 22.1 Å². The van der Waals surface area contributed by atoms with E-state index in [1.54, 1.807) is 6.07 Å². The Labute approximate surface area is 123 Å². The van der Waals surface area contributed by atoms with Crippen LogP contribution in [0.2, 0.25) is 10.0 Å². The molecule has 0 bridgehead atoms. The van der Waals surface area contributed by atoms with Crippen LogP contribution in [0.15, 0.2) is 6.07 Å². The molecule has 1 aliphatic heterocycles. The van der Waals surface area contributed by atoms with Crippen LogP contribution >= 0.6 is 23.2 Å². The van der Waals surface area contributed by atoms with Crippen molar-refractivity contribution in [3.63, 3.8) is 0 Å². The fraction of sp³-hybridized carbons (Fsp3) is 0.583. The maximum Gasteiger partial charge on any atom is 0.147 e. The van der Waals surface area contributed by atoms with Gasteiger partial charge in [-0.25, -0.2) is 4.98 Å². The van der Waals surface area contributed by atoms with Gasteiger partial charge < -0.3 is 15.8 Å². The Balaban J connectivity index is 1.93. The van der Waals surface area contributed by atoms with Crippen LogP contribution in [0.3, 0.4) is 0 Å². The quantitative estimate of drug-likeness (QED) is 0.892. The van der Waals surface area contributed by atoms with Crippen molar-refractivity contribution in [3.8, 4) is 0 Å². The van der Waals surface area contributed by atoms with Crippen molar-refractivity contribution in [2.45, 2.75) is 13.0 Å². The highest BCUT2D eigenvalue weighted by atomic mass is 35.5. The number of morpholine rings is 1. The van der Waals surface area contributed by atoms with Gasteiger partial charge in [0.1, 0.15) is 11.6 Å². The molecule has 1 aliphatic rings. The van der Waals surface area contributed by atoms with E-state index in [0.717, 1.165) is 26.2 Å². The van der Waals surface area contributed by atoms with E-state index < -0.39 is 0 Å². The first-order chi connectivity index (χ1) is 9.10. The second kappa shape index (κ2) is 6.61. The number of hydrogen-bond acceptors (Lipinski definition) is 5. The lowest BCUT2D eigenvalue weighted by atomic mass is 10.2. The van der Waals surface area contributed by atoms with E-state index in [9.17, 15) is 0 Å². The van der Waals surface area contributed by atoms with Crippen LogP contribution in [0, 0.1) is 0 Å². The van der Waals surface area contributed by atoms with Gasteiger partial charge in [0.25, 0.3) is 0 Å². The number of aromatic nitrogens is 1. The summed E-state index contributed by atoms with van der Waals surface area (Å²) in [5, 5.41) is 3.99. The highest BCUT2D eigenvalue weighted by molar-refractivity contribution is 6.37. The molecule has 2 heterocycles. The van der Waals surface area contributed by atoms with Crippen LogP contribution in [0.4, 0.5) is 11.6 Å². The van der Waals surface area contributed by atoms with Crippen LogP contribution in [0.25, 0.3) is 0 Å². The molecule has 0 saturated carbocycles. The molecule has 1 unspecified atom stereocenters. The number of likely N-dealkylation sites (N-methyl/N-ethyl adjacent to an activating group) is 1. The monoisotopic (exact) mass is 304 g/mol. The van der Waals surface area contributed by atoms with Gasteiger partial charge >= 0.3 is 0 Å². The molecule has 1 saturated heterocycles. The lowest BCUT2D eigenvalue weighted by Crippen LogP contribution is -2.45. The number of nitrogens with two attached hydrogens (primary N) is 1. The lowest BCUT2D eigenvalue weighted by Gasteiger charge is -2.32. The van der Waals surface area contributed by atoms with Gasteiger partial charge in [-0.15, -0.1) is 0 Å². The third kappa shape index (κ3) is 3.86. The number of anilines is 2. The maximum absolute atomic E-state index is 6.06. The molecule has 0 radical (unpaired) electrons. The molecule has 5 nitrogen and oxygen atoms in total. The van der Waals surface area contributed by atoms with E-state index >= 15 is 0 Å². The normalized spacial score (nSPS) is 20.5. The number of nitrogens with zero attached hydrogens (tertiary/aromatic N) is 2. The SMILES string of the molecule is CCN1CCOC(CNc2nc(N)c(Cl)cc2Cl)C1. The molecule has 7 heteroatoms. The van der Waals surface area contributed by atoms with Crippen molar-refractivity contribution in [1.29, 1.82) is 0 Å². The van der Waals surface area contributed by atoms with Crippen LogP contribution in [0.1, 0.15) is 6.92 Å². The number of halogens is 2. The average molecular weight is 305 g/mol. The molecule has 3 N–H and O–H groups in total. The largest absolute Gasteiger partial charge is 0.382 e. The van der Waals surface area contributed by atoms with Crippen LogP contribution < -0.4 is 11.1 Å². The van der Waals surface area contributed by atoms with Gasteiger partial charge in [0.05, 0.1) is 22.8 Å². The van der Waals surface area contributed by atoms with Gasteiger partial charge in [-0.1, -0.05) is 30.1 Å². The predicted octanol–water partition coefficient (Wildman–Crippen LogP) is 2.10. The third-order valence-electron chi connectivity index (χ3n) is 3.12. The molecular weight excluding hydrogens is 287 g/mol. The van der Waals surface area contributed by atoms with E-state index in [4.69, 9.17) is 33.7 Å². The first-order valence-electron chi connectivity index (χ1n) is 6.29. The molecule has 106 valence electrons. The minimum absolute atomic E-state index is 0.128. The lowest BCUT2D eigenvalue weighted by molar-refractivity contribution is -0.0192. The summed E-state index contributed by atoms with van der Waals surface area (Å²) in [6, 6.07) is 1.59. The summed E-state index contributed by atoms with van der Waals surface area (Å²) in [4.78, 5) is 6.48. The number of hydrogen-bond donors (Lipinski definition) is 2. The summed E-state index contributed by atoms with van der Waals surface area (Å²) in [5.41, 5.74) is 5.66. The summed E-state index contributed by atoms with van der Waals surface area (Å²) < 4.78 is 5.69. The molecular formula is C12H18Cl2N4O. The van der Waals surface area contributed by atoms with Crippen LogP contribution in [-0.2, 0) is 4.74 Å². The summed E-state index contributed by atoms with van der Waals surface area (Å²) >= 11 is 11.9. The van der Waals surface area contributed by atoms with Gasteiger partial charge in [-0.3, -0.25) is 4.90 Å². The van der Waals surface area contributed by atoms with Gasteiger partial charge in [0.15, 0.2) is 0 Å². The first-order valence-corrected chi connectivity index (χ1v) is 7.05. The molecule has 0 aliphatic carbocycles. The Hall–Kier alpha value is -0.750. The van der Waals surface area contributed by atoms with Gasteiger partial charge in [-0.05, 0) is 12.6 Å². The summed E-state index contributed by atoms with van der Waals surface area (Å²) in [6.07, 6.45) is 0.128. The van der Waals surface area contributed by atoms with E-state index in [1.807, 2.05) is 0 Å². The highest BCUT2D eigenvalue weighted by Crippen LogP contribution is 2.27. The second-order valence-corrected chi connectivity index (χ2v) is 5.27. The Bertz CT molecular complexity index is 444. The second-order valence-electron chi connectivity index (χ2n) is 4.45. The topological polar surface area (TPSA) is 63.4 Å². The number of ether oxygens (including phenoxy) is 1. The predicted molar refractivity (Wildman–Crippen MR) is 79.0 cm³/mol. The third-order valence-corrected chi connectivity index (χ3v) is 3.71. The zero-order valence-electron chi connectivity index (χ0n) is 10.8. The Morgan fingerprint density at radius 2 is 2.32 bits per heavy atom. The standard InChI is InChI=1S/C12H18Cl2N4O/c1-2-18-3-4-19-8(7-18)6-16-12-10(14)5-9(13)11(15)17-12/h5,8H,2-4,6-7H2,1H3,(H3,15,16,17). The van der Waals surface area contributed by atoms with Crippen molar-refractivity contribution in [2.24, 2.45) is 0 Å². The summed E-state index contributed by atoms with van der Waals surface area (Å²) in [7, 11) is 0. The molecule has 0 aromatic carbocycles. The minimum Gasteiger partial charge on any atom is -0.382 e. The highest BCUT2D eigenvalue weighted by Gasteiger charge is 2.19.